The first-order chi connectivity index (χ1) is 12.4. The number of carbonyl (C=O) groups is 2. The number of amides is 2. The van der Waals surface area contributed by atoms with E-state index >= 15 is 0 Å². The molecule has 1 heterocycles. The van der Waals surface area contributed by atoms with Crippen molar-refractivity contribution in [2.24, 2.45) is 5.73 Å². The molecule has 0 bridgehead atoms. The zero-order valence-corrected chi connectivity index (χ0v) is 15.4. The van der Waals surface area contributed by atoms with Gasteiger partial charge in [0.05, 0.1) is 22.5 Å². The van der Waals surface area contributed by atoms with E-state index in [4.69, 9.17) is 5.73 Å². The third-order valence-corrected chi connectivity index (χ3v) is 4.94. The summed E-state index contributed by atoms with van der Waals surface area (Å²) in [6.45, 7) is 3.85. The number of benzene rings is 2. The van der Waals surface area contributed by atoms with Gasteiger partial charge in [-0.3, -0.25) is 14.6 Å². The quantitative estimate of drug-likeness (QED) is 0.676. The molecular weight excluding hydrogens is 346 g/mol. The molecule has 0 unspecified atom stereocenters. The Hall–Kier alpha value is -2.86. The van der Waals surface area contributed by atoms with Crippen molar-refractivity contribution in [1.29, 1.82) is 0 Å². The van der Waals surface area contributed by atoms with E-state index < -0.39 is 5.91 Å². The number of thioether (sulfide) groups is 1. The fourth-order valence-corrected chi connectivity index (χ4v) is 3.44. The van der Waals surface area contributed by atoms with Crippen molar-refractivity contribution in [2.45, 2.75) is 18.7 Å². The van der Waals surface area contributed by atoms with Crippen molar-refractivity contribution >= 4 is 40.2 Å². The third kappa shape index (κ3) is 4.03. The number of pyridine rings is 1. The lowest BCUT2D eigenvalue weighted by Crippen LogP contribution is -2.15. The Morgan fingerprint density at radius 1 is 1.12 bits per heavy atom. The third-order valence-electron chi connectivity index (χ3n) is 3.84. The molecule has 3 N–H and O–H groups in total. The van der Waals surface area contributed by atoms with E-state index in [0.717, 1.165) is 27.1 Å². The van der Waals surface area contributed by atoms with Crippen LogP contribution in [0, 0.1) is 13.8 Å². The molecule has 26 heavy (non-hydrogen) atoms. The zero-order chi connectivity index (χ0) is 18.7. The predicted molar refractivity (Wildman–Crippen MR) is 106 cm³/mol. The number of hydrogen-bond donors (Lipinski definition) is 2. The molecular formula is C20H19N3O2S. The number of aryl methyl sites for hydroxylation is 2. The van der Waals surface area contributed by atoms with Gasteiger partial charge in [-0.15, -0.1) is 11.8 Å². The second-order valence-electron chi connectivity index (χ2n) is 6.04. The maximum Gasteiger partial charge on any atom is 0.256 e. The minimum Gasteiger partial charge on any atom is -0.369 e. The highest BCUT2D eigenvalue weighted by Crippen LogP contribution is 2.28. The van der Waals surface area contributed by atoms with Crippen molar-refractivity contribution < 1.29 is 9.59 Å². The van der Waals surface area contributed by atoms with Crippen LogP contribution in [0.4, 0.5) is 5.69 Å². The lowest BCUT2D eigenvalue weighted by molar-refractivity contribution is -0.115. The lowest BCUT2D eigenvalue weighted by atomic mass is 10.0. The predicted octanol–water partition coefficient (Wildman–Crippen LogP) is 3.68. The molecule has 2 aromatic carbocycles. The minimum atomic E-state index is -0.401. The highest BCUT2D eigenvalue weighted by Gasteiger charge is 2.14. The number of aromatic nitrogens is 1. The lowest BCUT2D eigenvalue weighted by Gasteiger charge is -2.12. The van der Waals surface area contributed by atoms with Crippen LogP contribution in [0.15, 0.2) is 53.4 Å². The van der Waals surface area contributed by atoms with Crippen LogP contribution >= 0.6 is 11.8 Å². The van der Waals surface area contributed by atoms with Gasteiger partial charge in [0.1, 0.15) is 0 Å². The molecule has 0 atom stereocenters. The van der Waals surface area contributed by atoms with E-state index in [1.165, 1.54) is 11.8 Å². The number of anilines is 1. The number of fused-ring (bicyclic) bond motifs is 1. The number of nitrogens with one attached hydrogen (secondary N) is 1. The summed E-state index contributed by atoms with van der Waals surface area (Å²) in [7, 11) is 0. The molecule has 132 valence electrons. The Kier molecular flexibility index (Phi) is 5.23. The number of primary amides is 1. The van der Waals surface area contributed by atoms with Gasteiger partial charge in [-0.2, -0.15) is 0 Å². The van der Waals surface area contributed by atoms with E-state index in [0.29, 0.717) is 11.3 Å². The minimum absolute atomic E-state index is 0.156. The molecule has 3 rings (SSSR count). The highest BCUT2D eigenvalue weighted by atomic mass is 32.2. The first-order valence-corrected chi connectivity index (χ1v) is 9.12. The largest absolute Gasteiger partial charge is 0.369 e. The molecule has 0 aliphatic carbocycles. The molecule has 6 heteroatoms. The fourth-order valence-electron chi connectivity index (χ4n) is 2.69. The van der Waals surface area contributed by atoms with Gasteiger partial charge in [0.15, 0.2) is 0 Å². The Morgan fingerprint density at radius 3 is 2.65 bits per heavy atom. The monoisotopic (exact) mass is 365 g/mol. The molecule has 1 aromatic heterocycles. The average molecular weight is 365 g/mol. The summed E-state index contributed by atoms with van der Waals surface area (Å²) in [4.78, 5) is 29.3. The Bertz CT molecular complexity index is 1000. The summed E-state index contributed by atoms with van der Waals surface area (Å²) in [5.41, 5.74) is 9.08. The van der Waals surface area contributed by atoms with E-state index in [9.17, 15) is 9.59 Å². The molecule has 0 radical (unpaired) electrons. The summed E-state index contributed by atoms with van der Waals surface area (Å²) in [5.74, 6) is -0.454. The average Bonchev–Trinajstić information content (AvgIpc) is 2.60. The van der Waals surface area contributed by atoms with Gasteiger partial charge in [-0.25, -0.2) is 0 Å². The van der Waals surface area contributed by atoms with Gasteiger partial charge in [-0.05, 0) is 44.2 Å². The molecule has 0 saturated heterocycles. The van der Waals surface area contributed by atoms with Crippen molar-refractivity contribution in [1.82, 2.24) is 4.98 Å². The van der Waals surface area contributed by atoms with Crippen molar-refractivity contribution in [3.8, 4) is 0 Å². The Morgan fingerprint density at radius 2 is 1.88 bits per heavy atom. The van der Waals surface area contributed by atoms with Crippen LogP contribution in [0.3, 0.4) is 0 Å². The van der Waals surface area contributed by atoms with Gasteiger partial charge in [0, 0.05) is 16.0 Å². The van der Waals surface area contributed by atoms with Gasteiger partial charge in [0.25, 0.3) is 5.91 Å². The number of nitrogens with two attached hydrogens (primary N) is 1. The van der Waals surface area contributed by atoms with Gasteiger partial charge < -0.3 is 11.1 Å². The number of hydrogen-bond acceptors (Lipinski definition) is 4. The first-order valence-electron chi connectivity index (χ1n) is 8.13. The standard InChI is InChI=1S/C20H19N3O2S/c1-12-7-8-16-14(9-12)15(10-13(2)22-16)20(25)23-17-5-3-4-6-18(17)26-11-19(21)24/h3-10H,11H2,1-2H3,(H2,21,24)(H,23,25). The van der Waals surface area contributed by atoms with Crippen LogP contribution in [0.2, 0.25) is 0 Å². The van der Waals surface area contributed by atoms with E-state index in [2.05, 4.69) is 10.3 Å². The SMILES string of the molecule is Cc1ccc2nc(C)cc(C(=O)Nc3ccccc3SCC(N)=O)c2c1. The van der Waals surface area contributed by atoms with Crippen LogP contribution < -0.4 is 11.1 Å². The van der Waals surface area contributed by atoms with Crippen molar-refractivity contribution in [3.63, 3.8) is 0 Å². The molecule has 0 aliphatic heterocycles. The number of para-hydroxylation sites is 1. The Labute approximate surface area is 156 Å². The molecule has 0 saturated carbocycles. The van der Waals surface area contributed by atoms with Crippen LogP contribution in [-0.2, 0) is 4.79 Å². The summed E-state index contributed by atoms with van der Waals surface area (Å²) in [6, 6.07) is 15.0. The number of rotatable bonds is 5. The van der Waals surface area contributed by atoms with Gasteiger partial charge in [-0.1, -0.05) is 23.8 Å². The molecule has 0 fully saturated rings. The van der Waals surface area contributed by atoms with Crippen molar-refractivity contribution in [3.05, 3.63) is 65.4 Å². The van der Waals surface area contributed by atoms with E-state index in [-0.39, 0.29) is 11.7 Å². The summed E-state index contributed by atoms with van der Waals surface area (Å²) in [6.07, 6.45) is 0. The number of carbonyl (C=O) groups excluding carboxylic acids is 2. The summed E-state index contributed by atoms with van der Waals surface area (Å²) in [5, 5.41) is 3.76. The smallest absolute Gasteiger partial charge is 0.256 e. The maximum absolute atomic E-state index is 12.9. The van der Waals surface area contributed by atoms with Gasteiger partial charge in [0.2, 0.25) is 5.91 Å². The fraction of sp³-hybridized carbons (Fsp3) is 0.150. The van der Waals surface area contributed by atoms with Crippen molar-refractivity contribution in [2.75, 3.05) is 11.1 Å². The topological polar surface area (TPSA) is 85.1 Å². The second kappa shape index (κ2) is 7.58. The van der Waals surface area contributed by atoms with Crippen LogP contribution in [0.1, 0.15) is 21.6 Å². The number of nitrogens with zero attached hydrogens (tertiary/aromatic N) is 1. The zero-order valence-electron chi connectivity index (χ0n) is 14.6. The van der Waals surface area contributed by atoms with Crippen LogP contribution in [0.5, 0.6) is 0 Å². The summed E-state index contributed by atoms with van der Waals surface area (Å²) >= 11 is 1.30. The van der Waals surface area contributed by atoms with E-state index in [1.807, 2.05) is 56.3 Å². The Balaban J connectivity index is 1.95. The normalized spacial score (nSPS) is 10.7. The first kappa shape index (κ1) is 17.9. The molecule has 0 spiro atoms. The van der Waals surface area contributed by atoms with Gasteiger partial charge >= 0.3 is 0 Å². The maximum atomic E-state index is 12.9. The molecule has 0 aliphatic rings. The summed E-state index contributed by atoms with van der Waals surface area (Å²) < 4.78 is 0. The molecule has 2 amide bonds. The van der Waals surface area contributed by atoms with Crippen LogP contribution in [0.25, 0.3) is 10.9 Å². The highest BCUT2D eigenvalue weighted by molar-refractivity contribution is 8.00. The second-order valence-corrected chi connectivity index (χ2v) is 7.05. The molecule has 5 nitrogen and oxygen atoms in total. The van der Waals surface area contributed by atoms with Crippen LogP contribution in [-0.4, -0.2) is 22.6 Å². The van der Waals surface area contributed by atoms with E-state index in [1.54, 1.807) is 6.07 Å². The molecule has 3 aromatic rings.